The van der Waals surface area contributed by atoms with Crippen LogP contribution < -0.4 is 0 Å². The summed E-state index contributed by atoms with van der Waals surface area (Å²) < 4.78 is 18.5. The van der Waals surface area contributed by atoms with Gasteiger partial charge in [0.15, 0.2) is 5.69 Å². The van der Waals surface area contributed by atoms with Gasteiger partial charge in [0, 0.05) is 48.3 Å². The molecule has 6 nitrogen and oxygen atoms in total. The molecule has 5 rings (SSSR count). The quantitative estimate of drug-likeness (QED) is 0.772. The molecule has 0 spiro atoms. The van der Waals surface area contributed by atoms with Gasteiger partial charge in [0.1, 0.15) is 11.6 Å². The number of aromatic nitrogens is 3. The van der Waals surface area contributed by atoms with E-state index >= 15 is 0 Å². The molecule has 0 radical (unpaired) electrons. The maximum Gasteiger partial charge on any atom is 0.276 e. The maximum absolute atomic E-state index is 13.2. The van der Waals surface area contributed by atoms with Crippen LogP contribution in [-0.4, -0.2) is 39.3 Å². The van der Waals surface area contributed by atoms with Crippen molar-refractivity contribution in [3.05, 3.63) is 58.9 Å². The molecule has 2 aliphatic rings. The first-order chi connectivity index (χ1) is 13.2. The Labute approximate surface area is 155 Å². The zero-order valence-corrected chi connectivity index (χ0v) is 14.7. The molecule has 1 saturated carbocycles. The van der Waals surface area contributed by atoms with E-state index in [4.69, 9.17) is 4.52 Å². The van der Waals surface area contributed by atoms with Crippen LogP contribution in [0.15, 0.2) is 34.9 Å². The van der Waals surface area contributed by atoms with Gasteiger partial charge in [-0.25, -0.2) is 4.39 Å². The number of halogens is 1. The van der Waals surface area contributed by atoms with Gasteiger partial charge in [-0.15, -0.1) is 0 Å². The van der Waals surface area contributed by atoms with E-state index in [1.807, 2.05) is 4.90 Å². The minimum Gasteiger partial charge on any atom is -0.360 e. The van der Waals surface area contributed by atoms with Crippen molar-refractivity contribution in [2.75, 3.05) is 13.1 Å². The van der Waals surface area contributed by atoms with Crippen LogP contribution >= 0.6 is 0 Å². The van der Waals surface area contributed by atoms with Gasteiger partial charge < -0.3 is 9.42 Å². The Bertz CT molecular complexity index is 988. The lowest BCUT2D eigenvalue weighted by atomic mass is 10.0. The van der Waals surface area contributed by atoms with Gasteiger partial charge in [0.05, 0.1) is 5.69 Å². The number of nitrogens with zero attached hydrogens (tertiary/aromatic N) is 3. The van der Waals surface area contributed by atoms with E-state index in [1.54, 1.807) is 18.2 Å². The fraction of sp³-hybridized carbons (Fsp3) is 0.350. The number of H-pyrrole nitrogens is 1. The number of rotatable bonds is 3. The summed E-state index contributed by atoms with van der Waals surface area (Å²) in [6, 6.07) is 8.12. The monoisotopic (exact) mass is 366 g/mol. The highest BCUT2D eigenvalue weighted by Gasteiger charge is 2.30. The summed E-state index contributed by atoms with van der Waals surface area (Å²) >= 11 is 0. The number of hydrogen-bond donors (Lipinski definition) is 1. The number of carbonyl (C=O) groups is 1. The van der Waals surface area contributed by atoms with E-state index < -0.39 is 0 Å². The Morgan fingerprint density at radius 1 is 1.19 bits per heavy atom. The number of amides is 1. The predicted octanol–water partition coefficient (Wildman–Crippen LogP) is 3.32. The lowest BCUT2D eigenvalue weighted by Gasteiger charge is -2.18. The highest BCUT2D eigenvalue weighted by molar-refractivity contribution is 5.92. The first-order valence-electron chi connectivity index (χ1n) is 9.27. The summed E-state index contributed by atoms with van der Waals surface area (Å²) in [6.07, 6.45) is 3.61. The fourth-order valence-electron chi connectivity index (χ4n) is 3.64. The van der Waals surface area contributed by atoms with Crippen LogP contribution in [0, 0.1) is 5.82 Å². The number of fused-ring (bicyclic) bond motifs is 1. The SMILES string of the molecule is O=C(c1cc(C2CC2)on1)N1CCc2[nH]nc(-c3ccc(F)cc3)c2CC1. The van der Waals surface area contributed by atoms with Crippen LogP contribution in [0.25, 0.3) is 11.3 Å². The van der Waals surface area contributed by atoms with Gasteiger partial charge >= 0.3 is 0 Å². The molecule has 3 heterocycles. The number of aromatic amines is 1. The van der Waals surface area contributed by atoms with Gasteiger partial charge in [-0.05, 0) is 43.5 Å². The minimum atomic E-state index is -0.268. The first kappa shape index (κ1) is 16.2. The average Bonchev–Trinajstić information content (AvgIpc) is 3.34. The van der Waals surface area contributed by atoms with Crippen molar-refractivity contribution in [1.82, 2.24) is 20.3 Å². The molecule has 1 aromatic carbocycles. The van der Waals surface area contributed by atoms with Crippen LogP contribution in [0.4, 0.5) is 4.39 Å². The van der Waals surface area contributed by atoms with Crippen molar-refractivity contribution in [3.8, 4) is 11.3 Å². The molecule has 1 aliphatic heterocycles. The van der Waals surface area contributed by atoms with Crippen molar-refractivity contribution in [2.24, 2.45) is 0 Å². The van der Waals surface area contributed by atoms with E-state index in [0.29, 0.717) is 37.5 Å². The van der Waals surface area contributed by atoms with Gasteiger partial charge in [0.2, 0.25) is 0 Å². The van der Waals surface area contributed by atoms with Crippen molar-refractivity contribution in [1.29, 1.82) is 0 Å². The number of carbonyl (C=O) groups excluding carboxylic acids is 1. The number of nitrogens with one attached hydrogen (secondary N) is 1. The molecule has 27 heavy (non-hydrogen) atoms. The molecule has 7 heteroatoms. The summed E-state index contributed by atoms with van der Waals surface area (Å²) in [5.41, 5.74) is 4.22. The fourth-order valence-corrected chi connectivity index (χ4v) is 3.64. The standard InChI is InChI=1S/C20H19FN4O2/c21-14-5-3-13(4-6-14)19-15-7-9-25(10-8-16(15)22-23-19)20(26)17-11-18(27-24-17)12-1-2-12/h3-6,11-12H,1-2,7-10H2,(H,22,23). The van der Waals surface area contributed by atoms with E-state index in [-0.39, 0.29) is 11.7 Å². The third kappa shape index (κ3) is 3.03. The lowest BCUT2D eigenvalue weighted by Crippen LogP contribution is -2.33. The molecule has 0 atom stereocenters. The number of benzene rings is 1. The van der Waals surface area contributed by atoms with Crippen LogP contribution in [0.2, 0.25) is 0 Å². The largest absolute Gasteiger partial charge is 0.360 e. The molecule has 2 aromatic heterocycles. The van der Waals surface area contributed by atoms with Crippen molar-refractivity contribution >= 4 is 5.91 Å². The smallest absolute Gasteiger partial charge is 0.276 e. The van der Waals surface area contributed by atoms with Gasteiger partial charge in [-0.3, -0.25) is 9.89 Å². The molecule has 138 valence electrons. The van der Waals surface area contributed by atoms with Crippen molar-refractivity contribution in [2.45, 2.75) is 31.6 Å². The second-order valence-electron chi connectivity index (χ2n) is 7.22. The number of hydrogen-bond acceptors (Lipinski definition) is 4. The minimum absolute atomic E-state index is 0.0907. The Kier molecular flexibility index (Phi) is 3.81. The predicted molar refractivity (Wildman–Crippen MR) is 95.8 cm³/mol. The molecular formula is C20H19FN4O2. The van der Waals surface area contributed by atoms with Crippen molar-refractivity contribution < 1.29 is 13.7 Å². The summed E-state index contributed by atoms with van der Waals surface area (Å²) in [5.74, 6) is 0.899. The Balaban J connectivity index is 1.35. The normalized spacial score (nSPS) is 16.9. The van der Waals surface area contributed by atoms with E-state index in [9.17, 15) is 9.18 Å². The second-order valence-corrected chi connectivity index (χ2v) is 7.22. The van der Waals surface area contributed by atoms with E-state index in [0.717, 1.165) is 41.1 Å². The first-order valence-corrected chi connectivity index (χ1v) is 9.27. The van der Waals surface area contributed by atoms with Crippen molar-refractivity contribution in [3.63, 3.8) is 0 Å². The highest BCUT2D eigenvalue weighted by Crippen LogP contribution is 2.40. The van der Waals surface area contributed by atoms with Gasteiger partial charge in [0.25, 0.3) is 5.91 Å². The molecular weight excluding hydrogens is 347 g/mol. The van der Waals surface area contributed by atoms with Crippen LogP contribution in [0.5, 0.6) is 0 Å². The van der Waals surface area contributed by atoms with E-state index in [1.165, 1.54) is 12.1 Å². The maximum atomic E-state index is 13.2. The average molecular weight is 366 g/mol. The molecule has 1 N–H and O–H groups in total. The molecule has 1 amide bonds. The highest BCUT2D eigenvalue weighted by atomic mass is 19.1. The third-order valence-electron chi connectivity index (χ3n) is 5.35. The zero-order valence-electron chi connectivity index (χ0n) is 14.7. The summed E-state index contributed by atoms with van der Waals surface area (Å²) in [4.78, 5) is 14.6. The summed E-state index contributed by atoms with van der Waals surface area (Å²) in [5, 5.41) is 11.5. The van der Waals surface area contributed by atoms with Gasteiger partial charge in [-0.2, -0.15) is 5.10 Å². The van der Waals surface area contributed by atoms with Crippen LogP contribution in [0.3, 0.4) is 0 Å². The molecule has 0 saturated heterocycles. The Hall–Kier alpha value is -2.96. The molecule has 0 bridgehead atoms. The zero-order chi connectivity index (χ0) is 18.4. The van der Waals surface area contributed by atoms with Gasteiger partial charge in [-0.1, -0.05) is 5.16 Å². The second kappa shape index (κ2) is 6.33. The molecule has 1 aliphatic carbocycles. The molecule has 0 unspecified atom stereocenters. The summed E-state index contributed by atoms with van der Waals surface area (Å²) in [6.45, 7) is 1.19. The van der Waals surface area contributed by atoms with Crippen LogP contribution in [-0.2, 0) is 12.8 Å². The Morgan fingerprint density at radius 2 is 1.96 bits per heavy atom. The van der Waals surface area contributed by atoms with Crippen LogP contribution in [0.1, 0.15) is 46.3 Å². The lowest BCUT2D eigenvalue weighted by molar-refractivity contribution is 0.0752. The topological polar surface area (TPSA) is 75.0 Å². The summed E-state index contributed by atoms with van der Waals surface area (Å²) in [7, 11) is 0. The molecule has 1 fully saturated rings. The molecule has 3 aromatic rings. The van der Waals surface area contributed by atoms with E-state index in [2.05, 4.69) is 15.4 Å². The Morgan fingerprint density at radius 3 is 2.74 bits per heavy atom. The third-order valence-corrected chi connectivity index (χ3v) is 5.35.